The number of thioether (sulfide) groups is 1. The zero-order chi connectivity index (χ0) is 25.9. The van der Waals surface area contributed by atoms with Crippen molar-refractivity contribution < 1.29 is 14.5 Å². The first kappa shape index (κ1) is 27.2. The lowest BCUT2D eigenvalue weighted by molar-refractivity contribution is -0.384. The van der Waals surface area contributed by atoms with Crippen molar-refractivity contribution in [2.45, 2.75) is 31.7 Å². The molecule has 0 bridgehead atoms. The molecule has 7 nitrogen and oxygen atoms in total. The quantitative estimate of drug-likeness (QED) is 0.257. The molecule has 1 N–H and O–H groups in total. The lowest BCUT2D eigenvalue weighted by Crippen LogP contribution is -2.51. The van der Waals surface area contributed by atoms with Crippen molar-refractivity contribution in [1.82, 2.24) is 10.2 Å². The van der Waals surface area contributed by atoms with Gasteiger partial charge in [0.25, 0.3) is 5.69 Å². The minimum absolute atomic E-state index is 0.0245. The Morgan fingerprint density at radius 2 is 1.67 bits per heavy atom. The topological polar surface area (TPSA) is 92.6 Å². The third kappa shape index (κ3) is 7.83. The molecular formula is C27H28ClN3O4S. The van der Waals surface area contributed by atoms with Gasteiger partial charge >= 0.3 is 0 Å². The van der Waals surface area contributed by atoms with Crippen LogP contribution in [0.25, 0.3) is 0 Å². The van der Waals surface area contributed by atoms with Crippen molar-refractivity contribution in [2.24, 2.45) is 0 Å². The molecule has 3 rings (SSSR count). The van der Waals surface area contributed by atoms with E-state index in [2.05, 4.69) is 5.32 Å². The number of benzene rings is 3. The van der Waals surface area contributed by atoms with Gasteiger partial charge in [0.1, 0.15) is 6.04 Å². The monoisotopic (exact) mass is 525 g/mol. The van der Waals surface area contributed by atoms with Crippen molar-refractivity contribution in [2.75, 3.05) is 12.3 Å². The molecule has 0 aliphatic rings. The van der Waals surface area contributed by atoms with Crippen molar-refractivity contribution in [3.8, 4) is 0 Å². The molecule has 36 heavy (non-hydrogen) atoms. The van der Waals surface area contributed by atoms with Crippen molar-refractivity contribution in [1.29, 1.82) is 0 Å². The fourth-order valence-electron chi connectivity index (χ4n) is 3.71. The second-order valence-electron chi connectivity index (χ2n) is 8.13. The van der Waals surface area contributed by atoms with E-state index in [9.17, 15) is 19.7 Å². The van der Waals surface area contributed by atoms with E-state index in [1.54, 1.807) is 23.1 Å². The lowest BCUT2D eigenvalue weighted by atomic mass is 10.0. The Kier molecular flexibility index (Phi) is 10.3. The molecule has 0 radical (unpaired) electrons. The van der Waals surface area contributed by atoms with Gasteiger partial charge in [-0.1, -0.05) is 72.3 Å². The van der Waals surface area contributed by atoms with E-state index in [1.165, 1.54) is 23.9 Å². The average Bonchev–Trinajstić information content (AvgIpc) is 2.88. The van der Waals surface area contributed by atoms with Crippen LogP contribution in [0.15, 0.2) is 78.9 Å². The average molecular weight is 526 g/mol. The third-order valence-electron chi connectivity index (χ3n) is 5.56. The van der Waals surface area contributed by atoms with Gasteiger partial charge in [0.2, 0.25) is 11.8 Å². The summed E-state index contributed by atoms with van der Waals surface area (Å²) in [5, 5.41) is 14.3. The van der Waals surface area contributed by atoms with E-state index in [4.69, 9.17) is 11.6 Å². The number of amides is 2. The predicted octanol–water partition coefficient (Wildman–Crippen LogP) is 5.26. The number of nitro groups is 1. The predicted molar refractivity (Wildman–Crippen MR) is 144 cm³/mol. The first-order valence-corrected chi connectivity index (χ1v) is 13.1. The maximum absolute atomic E-state index is 13.5. The highest BCUT2D eigenvalue weighted by atomic mass is 35.5. The van der Waals surface area contributed by atoms with Gasteiger partial charge in [0, 0.05) is 42.4 Å². The van der Waals surface area contributed by atoms with E-state index in [0.717, 1.165) is 16.7 Å². The number of nitrogens with one attached hydrogen (secondary N) is 1. The number of carbonyl (C=O) groups is 2. The standard InChI is InChI=1S/C27H28ClN3O4S/c1-2-29-27(33)25(16-20-8-4-3-5-9-20)30(17-22-10-6-7-11-24(22)28)26(32)19-36-18-21-12-14-23(15-13-21)31(34)35/h3-15,25H,2,16-19H2,1H3,(H,29,33)/t25-/m0/s1. The SMILES string of the molecule is CCNC(=O)[C@H](Cc1ccccc1)N(Cc1ccccc1Cl)C(=O)CSCc1ccc([N+](=O)[O-])cc1. The molecule has 0 saturated carbocycles. The summed E-state index contributed by atoms with van der Waals surface area (Å²) in [6.45, 7) is 2.50. The zero-order valence-corrected chi connectivity index (χ0v) is 21.5. The Hall–Kier alpha value is -3.36. The van der Waals surface area contributed by atoms with Crippen molar-refractivity contribution in [3.05, 3.63) is 111 Å². The van der Waals surface area contributed by atoms with Crippen LogP contribution in [-0.4, -0.2) is 40.0 Å². The number of likely N-dealkylation sites (N-methyl/N-ethyl adjacent to an activating group) is 1. The minimum atomic E-state index is -0.712. The third-order valence-corrected chi connectivity index (χ3v) is 6.92. The van der Waals surface area contributed by atoms with Gasteiger partial charge in [-0.05, 0) is 29.7 Å². The van der Waals surface area contributed by atoms with Crippen LogP contribution in [0.2, 0.25) is 5.02 Å². The number of rotatable bonds is 12. The maximum atomic E-state index is 13.5. The minimum Gasteiger partial charge on any atom is -0.355 e. The second kappa shape index (κ2) is 13.7. The lowest BCUT2D eigenvalue weighted by Gasteiger charge is -2.31. The fourth-order valence-corrected chi connectivity index (χ4v) is 4.78. The molecule has 3 aromatic rings. The largest absolute Gasteiger partial charge is 0.355 e. The summed E-state index contributed by atoms with van der Waals surface area (Å²) >= 11 is 7.80. The molecule has 0 heterocycles. The van der Waals surface area contributed by atoms with Gasteiger partial charge in [-0.15, -0.1) is 11.8 Å². The smallest absolute Gasteiger partial charge is 0.269 e. The summed E-state index contributed by atoms with van der Waals surface area (Å²) < 4.78 is 0. The van der Waals surface area contributed by atoms with Crippen LogP contribution in [0.4, 0.5) is 5.69 Å². The summed E-state index contributed by atoms with van der Waals surface area (Å²) in [6.07, 6.45) is 0.371. The number of hydrogen-bond acceptors (Lipinski definition) is 5. The Bertz CT molecular complexity index is 1180. The zero-order valence-electron chi connectivity index (χ0n) is 19.9. The molecule has 9 heteroatoms. The molecule has 2 amide bonds. The van der Waals surface area contributed by atoms with Crippen LogP contribution in [0, 0.1) is 10.1 Å². The Morgan fingerprint density at radius 3 is 2.31 bits per heavy atom. The molecule has 0 spiro atoms. The molecule has 0 aliphatic carbocycles. The van der Waals surface area contributed by atoms with Gasteiger partial charge < -0.3 is 10.2 Å². The van der Waals surface area contributed by atoms with E-state index < -0.39 is 11.0 Å². The van der Waals surface area contributed by atoms with Crippen molar-refractivity contribution >= 4 is 40.9 Å². The molecule has 0 aliphatic heterocycles. The van der Waals surface area contributed by atoms with Crippen LogP contribution in [0.5, 0.6) is 0 Å². The van der Waals surface area contributed by atoms with Crippen molar-refractivity contribution in [3.63, 3.8) is 0 Å². The van der Waals surface area contributed by atoms with Crippen LogP contribution in [0.3, 0.4) is 0 Å². The van der Waals surface area contributed by atoms with E-state index in [0.29, 0.717) is 23.7 Å². The number of nitrogens with zero attached hydrogens (tertiary/aromatic N) is 2. The van der Waals surface area contributed by atoms with Crippen LogP contribution in [0.1, 0.15) is 23.6 Å². The number of nitro benzene ring substituents is 1. The highest BCUT2D eigenvalue weighted by Crippen LogP contribution is 2.22. The highest BCUT2D eigenvalue weighted by Gasteiger charge is 2.30. The van der Waals surface area contributed by atoms with Crippen LogP contribution < -0.4 is 5.32 Å². The summed E-state index contributed by atoms with van der Waals surface area (Å²) in [5.41, 5.74) is 2.61. The van der Waals surface area contributed by atoms with E-state index in [1.807, 2.05) is 55.5 Å². The highest BCUT2D eigenvalue weighted by molar-refractivity contribution is 7.99. The molecule has 188 valence electrons. The van der Waals surface area contributed by atoms with E-state index in [-0.39, 0.29) is 29.8 Å². The number of halogens is 1. The molecule has 0 saturated heterocycles. The Morgan fingerprint density at radius 1 is 1.00 bits per heavy atom. The molecule has 0 fully saturated rings. The number of non-ortho nitro benzene ring substituents is 1. The molecular weight excluding hydrogens is 498 g/mol. The molecule has 0 unspecified atom stereocenters. The fraction of sp³-hybridized carbons (Fsp3) is 0.259. The second-order valence-corrected chi connectivity index (χ2v) is 9.52. The Balaban J connectivity index is 1.80. The summed E-state index contributed by atoms with van der Waals surface area (Å²) in [4.78, 5) is 38.7. The number of hydrogen-bond donors (Lipinski definition) is 1. The van der Waals surface area contributed by atoms with Gasteiger partial charge in [0.15, 0.2) is 0 Å². The maximum Gasteiger partial charge on any atom is 0.269 e. The number of carbonyl (C=O) groups excluding carboxylic acids is 2. The summed E-state index contributed by atoms with van der Waals surface area (Å²) in [7, 11) is 0. The van der Waals surface area contributed by atoms with Crippen LogP contribution >= 0.6 is 23.4 Å². The first-order chi connectivity index (χ1) is 17.4. The van der Waals surface area contributed by atoms with Gasteiger partial charge in [0.05, 0.1) is 10.7 Å². The normalized spacial score (nSPS) is 11.5. The molecule has 3 aromatic carbocycles. The van der Waals surface area contributed by atoms with Crippen LogP contribution in [-0.2, 0) is 28.3 Å². The summed E-state index contributed by atoms with van der Waals surface area (Å²) in [6, 6.07) is 22.4. The van der Waals surface area contributed by atoms with E-state index >= 15 is 0 Å². The van der Waals surface area contributed by atoms with Gasteiger partial charge in [-0.3, -0.25) is 19.7 Å². The Labute approximate surface area is 220 Å². The molecule has 1 atom stereocenters. The molecule has 0 aromatic heterocycles. The first-order valence-electron chi connectivity index (χ1n) is 11.5. The van der Waals surface area contributed by atoms with Gasteiger partial charge in [-0.25, -0.2) is 0 Å². The summed E-state index contributed by atoms with van der Waals surface area (Å²) in [5.74, 6) is 0.247. The van der Waals surface area contributed by atoms with Gasteiger partial charge in [-0.2, -0.15) is 0 Å².